The van der Waals surface area contributed by atoms with E-state index in [4.69, 9.17) is 0 Å². The number of carbonyl (C=O) groups is 1. The first-order chi connectivity index (χ1) is 9.29. The Labute approximate surface area is 124 Å². The van der Waals surface area contributed by atoms with E-state index >= 15 is 0 Å². The molecular weight excluding hydrogens is 252 g/mol. The van der Waals surface area contributed by atoms with Crippen molar-refractivity contribution in [3.8, 4) is 0 Å². The fourth-order valence-corrected chi connectivity index (χ4v) is 4.25. The lowest BCUT2D eigenvalue weighted by molar-refractivity contribution is -0.115. The minimum atomic E-state index is 0.397. The van der Waals surface area contributed by atoms with Gasteiger partial charge in [0.2, 0.25) is 0 Å². The van der Waals surface area contributed by atoms with Crippen LogP contribution >= 0.6 is 11.8 Å². The summed E-state index contributed by atoms with van der Waals surface area (Å²) < 4.78 is 0. The third-order valence-corrected chi connectivity index (χ3v) is 5.43. The van der Waals surface area contributed by atoms with E-state index in [9.17, 15) is 4.79 Å². The summed E-state index contributed by atoms with van der Waals surface area (Å²) in [7, 11) is 0. The van der Waals surface area contributed by atoms with Gasteiger partial charge in [-0.3, -0.25) is 4.79 Å². The molecule has 112 valence electrons. The monoisotopic (exact) mass is 284 g/mol. The fourth-order valence-electron chi connectivity index (χ4n) is 3.15. The molecule has 1 saturated heterocycles. The van der Waals surface area contributed by atoms with Gasteiger partial charge in [-0.15, -0.1) is 0 Å². The maximum absolute atomic E-state index is 12.0. The van der Waals surface area contributed by atoms with E-state index in [2.05, 4.69) is 13.8 Å². The molecule has 0 saturated carbocycles. The quantitative estimate of drug-likeness (QED) is 0.444. The molecule has 1 rings (SSSR count). The second kappa shape index (κ2) is 10.8. The second-order valence-electron chi connectivity index (χ2n) is 6.02. The first kappa shape index (κ1) is 17.1. The number of hydrogen-bond donors (Lipinski definition) is 0. The van der Waals surface area contributed by atoms with Crippen molar-refractivity contribution < 1.29 is 4.79 Å². The smallest absolute Gasteiger partial charge is 0.192 e. The van der Waals surface area contributed by atoms with Gasteiger partial charge in [0.05, 0.1) is 0 Å². The molecule has 1 fully saturated rings. The summed E-state index contributed by atoms with van der Waals surface area (Å²) in [6, 6.07) is 0. The summed E-state index contributed by atoms with van der Waals surface area (Å²) in [5.41, 5.74) is 0. The Bertz CT molecular complexity index is 227. The van der Waals surface area contributed by atoms with Crippen molar-refractivity contribution in [3.63, 3.8) is 0 Å². The maximum atomic E-state index is 12.0. The zero-order valence-electron chi connectivity index (χ0n) is 13.0. The minimum absolute atomic E-state index is 0.397. The van der Waals surface area contributed by atoms with E-state index in [-0.39, 0.29) is 0 Å². The third-order valence-electron chi connectivity index (χ3n) is 4.40. The SMILES string of the molecule is CCCCCCC(CCCCCC)[C@@H]1CCSC1=O. The van der Waals surface area contributed by atoms with E-state index in [0.29, 0.717) is 17.0 Å². The number of carbonyl (C=O) groups excluding carboxylic acids is 1. The molecule has 0 aromatic rings. The topological polar surface area (TPSA) is 17.1 Å². The van der Waals surface area contributed by atoms with E-state index in [1.165, 1.54) is 64.2 Å². The van der Waals surface area contributed by atoms with Crippen LogP contribution in [-0.4, -0.2) is 10.9 Å². The summed E-state index contributed by atoms with van der Waals surface area (Å²) in [6.45, 7) is 4.53. The van der Waals surface area contributed by atoms with Gasteiger partial charge < -0.3 is 0 Å². The molecular formula is C17H32OS. The van der Waals surface area contributed by atoms with Gasteiger partial charge in [0.15, 0.2) is 5.12 Å². The van der Waals surface area contributed by atoms with Crippen molar-refractivity contribution in [2.75, 3.05) is 5.75 Å². The Morgan fingerprint density at radius 3 is 2.00 bits per heavy atom. The Morgan fingerprint density at radius 1 is 1.00 bits per heavy atom. The van der Waals surface area contributed by atoms with E-state index in [1.807, 2.05) is 0 Å². The molecule has 1 aliphatic rings. The molecule has 1 heterocycles. The molecule has 0 radical (unpaired) electrons. The van der Waals surface area contributed by atoms with Crippen LogP contribution in [0.4, 0.5) is 0 Å². The number of rotatable bonds is 11. The minimum Gasteiger partial charge on any atom is -0.287 e. The van der Waals surface area contributed by atoms with Gasteiger partial charge in [0, 0.05) is 11.7 Å². The predicted octanol–water partition coefficient (Wildman–Crippen LogP) is 5.82. The highest BCUT2D eigenvalue weighted by Crippen LogP contribution is 2.36. The van der Waals surface area contributed by atoms with E-state index < -0.39 is 0 Å². The second-order valence-corrected chi connectivity index (χ2v) is 7.12. The van der Waals surface area contributed by atoms with E-state index in [0.717, 1.165) is 12.2 Å². The van der Waals surface area contributed by atoms with Crippen LogP contribution in [0, 0.1) is 11.8 Å². The molecule has 2 heteroatoms. The lowest BCUT2D eigenvalue weighted by atomic mass is 9.83. The first-order valence-corrected chi connectivity index (χ1v) is 9.44. The Kier molecular flexibility index (Phi) is 9.67. The number of unbranched alkanes of at least 4 members (excludes halogenated alkanes) is 6. The molecule has 0 bridgehead atoms. The molecule has 1 aliphatic heterocycles. The third kappa shape index (κ3) is 6.83. The van der Waals surface area contributed by atoms with Gasteiger partial charge in [-0.25, -0.2) is 0 Å². The van der Waals surface area contributed by atoms with Crippen LogP contribution in [0.25, 0.3) is 0 Å². The van der Waals surface area contributed by atoms with Crippen LogP contribution in [0.2, 0.25) is 0 Å². The molecule has 0 unspecified atom stereocenters. The van der Waals surface area contributed by atoms with Gasteiger partial charge in [-0.1, -0.05) is 77.0 Å². The summed E-state index contributed by atoms with van der Waals surface area (Å²) in [5, 5.41) is 0.496. The molecule has 0 aromatic heterocycles. The molecule has 0 spiro atoms. The van der Waals surface area contributed by atoms with E-state index in [1.54, 1.807) is 11.8 Å². The molecule has 0 aliphatic carbocycles. The van der Waals surface area contributed by atoms with Crippen molar-refractivity contribution in [1.29, 1.82) is 0 Å². The summed E-state index contributed by atoms with van der Waals surface area (Å²) in [6.07, 6.45) is 14.4. The van der Waals surface area contributed by atoms with Crippen molar-refractivity contribution in [3.05, 3.63) is 0 Å². The Hall–Kier alpha value is 0.0200. The standard InChI is InChI=1S/C17H32OS/c1-3-5-7-9-11-15(12-10-8-6-4-2)16-13-14-19-17(16)18/h15-16H,3-14H2,1-2H3/t16-/m0/s1. The van der Waals surface area contributed by atoms with Gasteiger partial charge in [0.25, 0.3) is 0 Å². The fraction of sp³-hybridized carbons (Fsp3) is 0.941. The van der Waals surface area contributed by atoms with Crippen LogP contribution in [0.15, 0.2) is 0 Å². The maximum Gasteiger partial charge on any atom is 0.192 e. The zero-order valence-corrected chi connectivity index (χ0v) is 13.8. The van der Waals surface area contributed by atoms with Crippen LogP contribution in [0.1, 0.15) is 84.5 Å². The summed E-state index contributed by atoms with van der Waals surface area (Å²) >= 11 is 1.58. The van der Waals surface area contributed by atoms with Crippen LogP contribution in [0.5, 0.6) is 0 Å². The highest BCUT2D eigenvalue weighted by molar-refractivity contribution is 8.14. The lowest BCUT2D eigenvalue weighted by Gasteiger charge is -2.22. The van der Waals surface area contributed by atoms with Crippen LogP contribution in [0.3, 0.4) is 0 Å². The molecule has 0 N–H and O–H groups in total. The molecule has 19 heavy (non-hydrogen) atoms. The van der Waals surface area contributed by atoms with Gasteiger partial charge >= 0.3 is 0 Å². The molecule has 0 aromatic carbocycles. The highest BCUT2D eigenvalue weighted by Gasteiger charge is 2.31. The van der Waals surface area contributed by atoms with Crippen molar-refractivity contribution in [1.82, 2.24) is 0 Å². The van der Waals surface area contributed by atoms with Crippen molar-refractivity contribution in [2.24, 2.45) is 11.8 Å². The summed E-state index contributed by atoms with van der Waals surface area (Å²) in [4.78, 5) is 12.0. The highest BCUT2D eigenvalue weighted by atomic mass is 32.2. The summed E-state index contributed by atoms with van der Waals surface area (Å²) in [5.74, 6) is 2.16. The van der Waals surface area contributed by atoms with Crippen molar-refractivity contribution >= 4 is 16.9 Å². The Morgan fingerprint density at radius 2 is 1.58 bits per heavy atom. The van der Waals surface area contributed by atoms with Crippen LogP contribution < -0.4 is 0 Å². The largest absolute Gasteiger partial charge is 0.287 e. The van der Waals surface area contributed by atoms with Gasteiger partial charge in [-0.2, -0.15) is 0 Å². The van der Waals surface area contributed by atoms with Crippen molar-refractivity contribution in [2.45, 2.75) is 84.5 Å². The molecule has 0 amide bonds. The predicted molar refractivity (Wildman–Crippen MR) is 86.6 cm³/mol. The van der Waals surface area contributed by atoms with Gasteiger partial charge in [0.1, 0.15) is 0 Å². The van der Waals surface area contributed by atoms with Crippen LogP contribution in [-0.2, 0) is 4.79 Å². The molecule has 1 nitrogen and oxygen atoms in total. The zero-order chi connectivity index (χ0) is 13.9. The van der Waals surface area contributed by atoms with Gasteiger partial charge in [-0.05, 0) is 25.2 Å². The molecule has 1 atom stereocenters. The Balaban J connectivity index is 2.31. The number of thioether (sulfide) groups is 1. The normalized spacial score (nSPS) is 19.5. The first-order valence-electron chi connectivity index (χ1n) is 8.46. The number of hydrogen-bond acceptors (Lipinski definition) is 2. The lowest BCUT2D eigenvalue weighted by Crippen LogP contribution is -2.18. The average molecular weight is 285 g/mol. The average Bonchev–Trinajstić information content (AvgIpc) is 2.83.